The zero-order valence-corrected chi connectivity index (χ0v) is 17.4. The van der Waals surface area contributed by atoms with Gasteiger partial charge in [-0.2, -0.15) is 0 Å². The number of benzene rings is 2. The molecule has 1 heterocycles. The number of amides is 4. The Bertz CT molecular complexity index is 969. The molecule has 3 rings (SSSR count). The number of carbonyl (C=O) groups excluding carboxylic acids is 3. The summed E-state index contributed by atoms with van der Waals surface area (Å²) >= 11 is 0. The van der Waals surface area contributed by atoms with Crippen molar-refractivity contribution >= 4 is 29.2 Å². The Hall–Kier alpha value is -3.35. The summed E-state index contributed by atoms with van der Waals surface area (Å²) in [7, 11) is 3.88. The number of hydrogen-bond acceptors (Lipinski definition) is 4. The number of carbonyl (C=O) groups is 3. The monoisotopic (exact) mass is 394 g/mol. The van der Waals surface area contributed by atoms with E-state index < -0.39 is 23.4 Å². The first-order valence-electron chi connectivity index (χ1n) is 9.41. The van der Waals surface area contributed by atoms with Crippen LogP contribution in [0.15, 0.2) is 42.5 Å². The van der Waals surface area contributed by atoms with Crippen LogP contribution in [0.4, 0.5) is 16.2 Å². The summed E-state index contributed by atoms with van der Waals surface area (Å²) in [4.78, 5) is 40.8. The maximum absolute atomic E-state index is 13.0. The number of nitrogens with zero attached hydrogens (tertiary/aromatic N) is 2. The number of nitrogens with one attached hydrogen (secondary N) is 2. The van der Waals surface area contributed by atoms with Gasteiger partial charge >= 0.3 is 6.03 Å². The first-order valence-corrected chi connectivity index (χ1v) is 9.41. The lowest BCUT2D eigenvalue weighted by molar-refractivity contribution is -0.133. The zero-order chi connectivity index (χ0) is 21.3. The van der Waals surface area contributed by atoms with Crippen LogP contribution in [0.2, 0.25) is 0 Å². The lowest BCUT2D eigenvalue weighted by atomic mass is 9.91. The van der Waals surface area contributed by atoms with Crippen molar-refractivity contribution in [3.63, 3.8) is 0 Å². The number of urea groups is 1. The maximum Gasteiger partial charge on any atom is 0.325 e. The summed E-state index contributed by atoms with van der Waals surface area (Å²) in [5.41, 5.74) is 3.11. The second-order valence-electron chi connectivity index (χ2n) is 7.75. The van der Waals surface area contributed by atoms with E-state index in [2.05, 4.69) is 10.6 Å². The van der Waals surface area contributed by atoms with Gasteiger partial charge in [-0.3, -0.25) is 14.5 Å². The van der Waals surface area contributed by atoms with Gasteiger partial charge in [-0.1, -0.05) is 29.8 Å². The molecule has 2 aromatic carbocycles. The van der Waals surface area contributed by atoms with Crippen LogP contribution in [0.3, 0.4) is 0 Å². The third kappa shape index (κ3) is 3.94. The molecule has 1 aliphatic heterocycles. The van der Waals surface area contributed by atoms with Crippen molar-refractivity contribution in [1.29, 1.82) is 0 Å². The number of rotatable bonds is 5. The first kappa shape index (κ1) is 20.4. The fourth-order valence-electron chi connectivity index (χ4n) is 3.32. The van der Waals surface area contributed by atoms with Crippen LogP contribution in [0, 0.1) is 13.8 Å². The summed E-state index contributed by atoms with van der Waals surface area (Å²) in [6.07, 6.45) is 0. The van der Waals surface area contributed by atoms with Crippen LogP contribution in [-0.4, -0.2) is 43.4 Å². The van der Waals surface area contributed by atoms with Crippen LogP contribution < -0.4 is 15.5 Å². The SMILES string of the molecule is Cc1ccc(C2(C)NC(=O)N(CC(=O)Nc3ccc(N(C)C)cc3C)C2=O)cc1. The van der Waals surface area contributed by atoms with Gasteiger partial charge < -0.3 is 15.5 Å². The molecule has 0 spiro atoms. The third-order valence-corrected chi connectivity index (χ3v) is 5.21. The van der Waals surface area contributed by atoms with Gasteiger partial charge in [0.1, 0.15) is 12.1 Å². The highest BCUT2D eigenvalue weighted by Gasteiger charge is 2.49. The number of imide groups is 1. The van der Waals surface area contributed by atoms with Gasteiger partial charge in [0, 0.05) is 25.5 Å². The molecule has 0 radical (unpaired) electrons. The Morgan fingerprint density at radius 3 is 2.34 bits per heavy atom. The maximum atomic E-state index is 13.0. The zero-order valence-electron chi connectivity index (χ0n) is 17.4. The van der Waals surface area contributed by atoms with Gasteiger partial charge in [0.05, 0.1) is 0 Å². The van der Waals surface area contributed by atoms with Crippen LogP contribution in [0.25, 0.3) is 0 Å². The van der Waals surface area contributed by atoms with Crippen molar-refractivity contribution in [2.75, 3.05) is 30.9 Å². The normalized spacial score (nSPS) is 18.6. The van der Waals surface area contributed by atoms with E-state index in [0.717, 1.165) is 21.7 Å². The minimum atomic E-state index is -1.19. The average molecular weight is 394 g/mol. The Kier molecular flexibility index (Phi) is 5.33. The van der Waals surface area contributed by atoms with E-state index in [1.165, 1.54) is 0 Å². The van der Waals surface area contributed by atoms with E-state index in [1.54, 1.807) is 6.92 Å². The van der Waals surface area contributed by atoms with Crippen LogP contribution in [0.5, 0.6) is 0 Å². The minimum Gasteiger partial charge on any atom is -0.378 e. The van der Waals surface area contributed by atoms with Crippen molar-refractivity contribution in [3.8, 4) is 0 Å². The molecule has 1 aliphatic rings. The smallest absolute Gasteiger partial charge is 0.325 e. The number of hydrogen-bond donors (Lipinski definition) is 2. The molecule has 0 aliphatic carbocycles. The molecule has 4 amide bonds. The van der Waals surface area contributed by atoms with Crippen molar-refractivity contribution < 1.29 is 14.4 Å². The molecule has 1 saturated heterocycles. The fraction of sp³-hybridized carbons (Fsp3) is 0.318. The summed E-state index contributed by atoms with van der Waals surface area (Å²) in [5.74, 6) is -0.872. The molecule has 1 unspecified atom stereocenters. The van der Waals surface area contributed by atoms with E-state index in [0.29, 0.717) is 11.3 Å². The Balaban J connectivity index is 1.73. The van der Waals surface area contributed by atoms with Gasteiger partial charge in [-0.05, 0) is 50.1 Å². The van der Waals surface area contributed by atoms with Crippen molar-refractivity contribution in [3.05, 3.63) is 59.2 Å². The van der Waals surface area contributed by atoms with Crippen LogP contribution >= 0.6 is 0 Å². The standard InChI is InChI=1S/C22H26N4O3/c1-14-6-8-16(9-7-14)22(3)20(28)26(21(29)24-22)13-19(27)23-18-11-10-17(25(4)5)12-15(18)2/h6-12H,13H2,1-5H3,(H,23,27)(H,24,29). The van der Waals surface area contributed by atoms with Crippen molar-refractivity contribution in [2.45, 2.75) is 26.3 Å². The molecule has 29 heavy (non-hydrogen) atoms. The molecule has 152 valence electrons. The molecule has 7 nitrogen and oxygen atoms in total. The molecule has 0 bridgehead atoms. The molecule has 2 N–H and O–H groups in total. The van der Waals surface area contributed by atoms with E-state index in [9.17, 15) is 14.4 Å². The third-order valence-electron chi connectivity index (χ3n) is 5.21. The summed E-state index contributed by atoms with van der Waals surface area (Å²) < 4.78 is 0. The van der Waals surface area contributed by atoms with Crippen molar-refractivity contribution in [1.82, 2.24) is 10.2 Å². The van der Waals surface area contributed by atoms with Gasteiger partial charge in [-0.25, -0.2) is 4.79 Å². The fourth-order valence-corrected chi connectivity index (χ4v) is 3.32. The summed E-state index contributed by atoms with van der Waals surface area (Å²) in [6.45, 7) is 5.15. The van der Waals surface area contributed by atoms with Crippen LogP contribution in [0.1, 0.15) is 23.6 Å². The Morgan fingerprint density at radius 1 is 1.10 bits per heavy atom. The van der Waals surface area contributed by atoms with Gasteiger partial charge in [0.2, 0.25) is 5.91 Å². The molecule has 0 aromatic heterocycles. The van der Waals surface area contributed by atoms with Crippen LogP contribution in [-0.2, 0) is 15.1 Å². The second-order valence-corrected chi connectivity index (χ2v) is 7.75. The van der Waals surface area contributed by atoms with E-state index in [4.69, 9.17) is 0 Å². The Morgan fingerprint density at radius 2 is 1.76 bits per heavy atom. The van der Waals surface area contributed by atoms with Gasteiger partial charge in [-0.15, -0.1) is 0 Å². The predicted molar refractivity (Wildman–Crippen MR) is 113 cm³/mol. The molecule has 0 saturated carbocycles. The lowest BCUT2D eigenvalue weighted by Crippen LogP contribution is -2.42. The highest BCUT2D eigenvalue weighted by atomic mass is 16.2. The molecule has 1 atom stereocenters. The van der Waals surface area contributed by atoms with E-state index >= 15 is 0 Å². The predicted octanol–water partition coefficient (Wildman–Crippen LogP) is 2.78. The average Bonchev–Trinajstić information content (AvgIpc) is 2.87. The van der Waals surface area contributed by atoms with E-state index in [1.807, 2.05) is 75.3 Å². The summed E-state index contributed by atoms with van der Waals surface area (Å²) in [5, 5.41) is 5.51. The second kappa shape index (κ2) is 7.58. The lowest BCUT2D eigenvalue weighted by Gasteiger charge is -2.22. The van der Waals surface area contributed by atoms with E-state index in [-0.39, 0.29) is 6.54 Å². The number of anilines is 2. The Labute approximate surface area is 170 Å². The quantitative estimate of drug-likeness (QED) is 0.764. The molecule has 7 heteroatoms. The minimum absolute atomic E-state index is 0.346. The molecular formula is C22H26N4O3. The van der Waals surface area contributed by atoms with Gasteiger partial charge in [0.15, 0.2) is 0 Å². The highest BCUT2D eigenvalue weighted by Crippen LogP contribution is 2.29. The molecule has 1 fully saturated rings. The summed E-state index contributed by atoms with van der Waals surface area (Å²) in [6, 6.07) is 12.5. The number of aryl methyl sites for hydroxylation is 2. The molecular weight excluding hydrogens is 368 g/mol. The molecule has 2 aromatic rings. The first-order chi connectivity index (χ1) is 13.6. The van der Waals surface area contributed by atoms with Gasteiger partial charge in [0.25, 0.3) is 5.91 Å². The topological polar surface area (TPSA) is 81.8 Å². The van der Waals surface area contributed by atoms with Crippen molar-refractivity contribution in [2.24, 2.45) is 0 Å². The largest absolute Gasteiger partial charge is 0.378 e. The highest BCUT2D eigenvalue weighted by molar-refractivity contribution is 6.10.